The molecule has 4 heteroatoms. The summed E-state index contributed by atoms with van der Waals surface area (Å²) < 4.78 is 16.8. The van der Waals surface area contributed by atoms with Crippen molar-refractivity contribution in [2.24, 2.45) is 0 Å². The van der Waals surface area contributed by atoms with Gasteiger partial charge in [0.1, 0.15) is 12.9 Å². The third-order valence-electron chi connectivity index (χ3n) is 3.31. The highest BCUT2D eigenvalue weighted by Crippen LogP contribution is 2.33. The minimum atomic E-state index is 0.141. The van der Waals surface area contributed by atoms with Crippen LogP contribution in [0.4, 0.5) is 0 Å². The van der Waals surface area contributed by atoms with Gasteiger partial charge in [-0.2, -0.15) is 0 Å². The summed E-state index contributed by atoms with van der Waals surface area (Å²) in [6, 6.07) is 3.49. The van der Waals surface area contributed by atoms with E-state index in [9.17, 15) is 4.79 Å². The van der Waals surface area contributed by atoms with Crippen LogP contribution in [0.2, 0.25) is 0 Å². The highest BCUT2D eigenvalue weighted by molar-refractivity contribution is 5.77. The van der Waals surface area contributed by atoms with Crippen molar-refractivity contribution < 1.29 is 19.0 Å². The number of hydrogen-bond acceptors (Lipinski definition) is 4. The van der Waals surface area contributed by atoms with Crippen LogP contribution in [-0.2, 0) is 11.2 Å². The van der Waals surface area contributed by atoms with Gasteiger partial charge in [-0.05, 0) is 31.4 Å². The first-order valence-electron chi connectivity index (χ1n) is 6.80. The van der Waals surface area contributed by atoms with Crippen LogP contribution in [0.25, 0.3) is 0 Å². The van der Waals surface area contributed by atoms with Gasteiger partial charge in [0.25, 0.3) is 0 Å². The topological polar surface area (TPSA) is 44.8 Å². The van der Waals surface area contributed by atoms with Crippen molar-refractivity contribution in [2.45, 2.75) is 25.4 Å². The van der Waals surface area contributed by atoms with Crippen LogP contribution in [0.1, 0.15) is 28.8 Å². The second kappa shape index (κ2) is 7.10. The third-order valence-corrected chi connectivity index (χ3v) is 3.31. The molecule has 0 saturated carbocycles. The summed E-state index contributed by atoms with van der Waals surface area (Å²) in [6.45, 7) is 5.04. The van der Waals surface area contributed by atoms with Gasteiger partial charge in [0.2, 0.25) is 0 Å². The predicted octanol–water partition coefficient (Wildman–Crippen LogP) is 2.79. The standard InChI is InChI=1S/C16H20O4/c1-3-5-13-8-12(10-17)9-15(18-2)16(13)20-11-14-6-4-7-19-14/h3,8-10,14H,1,4-7,11H2,2H3. The van der Waals surface area contributed by atoms with Crippen LogP contribution in [0.15, 0.2) is 24.8 Å². The van der Waals surface area contributed by atoms with Crippen LogP contribution >= 0.6 is 0 Å². The molecule has 1 aliphatic heterocycles. The Kier molecular flexibility index (Phi) is 5.18. The SMILES string of the molecule is C=CCc1cc(C=O)cc(OC)c1OCC1CCCO1. The number of hydrogen-bond donors (Lipinski definition) is 0. The predicted molar refractivity (Wildman–Crippen MR) is 76.8 cm³/mol. The molecule has 0 N–H and O–H groups in total. The number of rotatable bonds is 7. The molecule has 20 heavy (non-hydrogen) atoms. The maximum Gasteiger partial charge on any atom is 0.164 e. The van der Waals surface area contributed by atoms with Crippen molar-refractivity contribution in [3.05, 3.63) is 35.9 Å². The molecule has 108 valence electrons. The van der Waals surface area contributed by atoms with Crippen molar-refractivity contribution in [2.75, 3.05) is 20.3 Å². The summed E-state index contributed by atoms with van der Waals surface area (Å²) in [4.78, 5) is 11.0. The Bertz CT molecular complexity index is 476. The maximum atomic E-state index is 11.0. The van der Waals surface area contributed by atoms with E-state index in [0.29, 0.717) is 30.1 Å². The minimum absolute atomic E-state index is 0.141. The van der Waals surface area contributed by atoms with E-state index in [-0.39, 0.29) is 6.10 Å². The molecule has 4 nitrogen and oxygen atoms in total. The smallest absolute Gasteiger partial charge is 0.164 e. The number of allylic oxidation sites excluding steroid dienone is 1. The summed E-state index contributed by atoms with van der Waals surface area (Å²) in [5, 5.41) is 0. The number of methoxy groups -OCH3 is 1. The van der Waals surface area contributed by atoms with Gasteiger partial charge in [-0.3, -0.25) is 4.79 Å². The van der Waals surface area contributed by atoms with E-state index in [1.165, 1.54) is 0 Å². The van der Waals surface area contributed by atoms with Crippen molar-refractivity contribution >= 4 is 6.29 Å². The second-order valence-electron chi connectivity index (χ2n) is 4.77. The van der Waals surface area contributed by atoms with Crippen LogP contribution in [0.5, 0.6) is 11.5 Å². The maximum absolute atomic E-state index is 11.0. The zero-order chi connectivity index (χ0) is 14.4. The van der Waals surface area contributed by atoms with Gasteiger partial charge in [0, 0.05) is 17.7 Å². The molecule has 1 unspecified atom stereocenters. The summed E-state index contributed by atoms with van der Waals surface area (Å²) in [5.74, 6) is 1.25. The molecule has 1 aromatic carbocycles. The molecule has 1 fully saturated rings. The first-order chi connectivity index (χ1) is 9.78. The Morgan fingerprint density at radius 1 is 1.50 bits per heavy atom. The molecule has 0 spiro atoms. The van der Waals surface area contributed by atoms with E-state index in [0.717, 1.165) is 31.3 Å². The van der Waals surface area contributed by atoms with E-state index in [1.807, 2.05) is 6.07 Å². The molecule has 2 rings (SSSR count). The molecule has 1 atom stereocenters. The number of carbonyl (C=O) groups is 1. The van der Waals surface area contributed by atoms with Crippen molar-refractivity contribution in [1.82, 2.24) is 0 Å². The molecule has 1 aliphatic rings. The number of aldehydes is 1. The van der Waals surface area contributed by atoms with Crippen LogP contribution < -0.4 is 9.47 Å². The molecular formula is C16H20O4. The summed E-state index contributed by atoms with van der Waals surface area (Å²) >= 11 is 0. The van der Waals surface area contributed by atoms with Crippen molar-refractivity contribution in [1.29, 1.82) is 0 Å². The Morgan fingerprint density at radius 3 is 2.95 bits per heavy atom. The van der Waals surface area contributed by atoms with Crippen molar-refractivity contribution in [3.63, 3.8) is 0 Å². The average molecular weight is 276 g/mol. The Morgan fingerprint density at radius 2 is 2.35 bits per heavy atom. The third kappa shape index (κ3) is 3.39. The summed E-state index contributed by atoms with van der Waals surface area (Å²) in [5.41, 5.74) is 1.47. The lowest BCUT2D eigenvalue weighted by molar-refractivity contribution is 0.0666. The van der Waals surface area contributed by atoms with E-state index >= 15 is 0 Å². The average Bonchev–Trinajstić information content (AvgIpc) is 2.98. The monoisotopic (exact) mass is 276 g/mol. The molecule has 1 aromatic rings. The Labute approximate surface area is 119 Å². The first kappa shape index (κ1) is 14.6. The van der Waals surface area contributed by atoms with Gasteiger partial charge in [-0.25, -0.2) is 0 Å². The van der Waals surface area contributed by atoms with Gasteiger partial charge in [0.05, 0.1) is 13.2 Å². The fourth-order valence-corrected chi connectivity index (χ4v) is 2.33. The second-order valence-corrected chi connectivity index (χ2v) is 4.77. The van der Waals surface area contributed by atoms with Gasteiger partial charge in [-0.15, -0.1) is 6.58 Å². The Balaban J connectivity index is 2.22. The molecule has 0 radical (unpaired) electrons. The number of carbonyl (C=O) groups excluding carboxylic acids is 1. The minimum Gasteiger partial charge on any atom is -0.493 e. The van der Waals surface area contributed by atoms with Crippen LogP contribution in [0.3, 0.4) is 0 Å². The molecular weight excluding hydrogens is 256 g/mol. The zero-order valence-electron chi connectivity index (χ0n) is 11.8. The van der Waals surface area contributed by atoms with Crippen LogP contribution in [-0.4, -0.2) is 32.7 Å². The normalized spacial score (nSPS) is 17.8. The first-order valence-corrected chi connectivity index (χ1v) is 6.80. The van der Waals surface area contributed by atoms with E-state index in [4.69, 9.17) is 14.2 Å². The van der Waals surface area contributed by atoms with Gasteiger partial charge < -0.3 is 14.2 Å². The van der Waals surface area contributed by atoms with Crippen molar-refractivity contribution in [3.8, 4) is 11.5 Å². The van der Waals surface area contributed by atoms with Gasteiger partial charge >= 0.3 is 0 Å². The van der Waals surface area contributed by atoms with Gasteiger partial charge in [0.15, 0.2) is 11.5 Å². The quantitative estimate of drug-likeness (QED) is 0.567. The molecule has 0 aliphatic carbocycles. The molecule has 0 bridgehead atoms. The summed E-state index contributed by atoms with van der Waals surface area (Å²) in [7, 11) is 1.57. The number of ether oxygens (including phenoxy) is 3. The summed E-state index contributed by atoms with van der Waals surface area (Å²) in [6.07, 6.45) is 5.45. The Hall–Kier alpha value is -1.81. The molecule has 1 saturated heterocycles. The lowest BCUT2D eigenvalue weighted by Gasteiger charge is -2.17. The highest BCUT2D eigenvalue weighted by atomic mass is 16.5. The fraction of sp³-hybridized carbons (Fsp3) is 0.438. The molecule has 1 heterocycles. The highest BCUT2D eigenvalue weighted by Gasteiger charge is 2.19. The lowest BCUT2D eigenvalue weighted by Crippen LogP contribution is -2.17. The largest absolute Gasteiger partial charge is 0.493 e. The van der Waals surface area contributed by atoms with E-state index in [1.54, 1.807) is 19.3 Å². The van der Waals surface area contributed by atoms with Gasteiger partial charge in [-0.1, -0.05) is 6.08 Å². The lowest BCUT2D eigenvalue weighted by atomic mass is 10.1. The van der Waals surface area contributed by atoms with E-state index < -0.39 is 0 Å². The van der Waals surface area contributed by atoms with Crippen LogP contribution in [0, 0.1) is 0 Å². The van der Waals surface area contributed by atoms with E-state index in [2.05, 4.69) is 6.58 Å². The zero-order valence-corrected chi connectivity index (χ0v) is 11.8. The fourth-order valence-electron chi connectivity index (χ4n) is 2.33. The number of benzene rings is 1. The molecule has 0 aromatic heterocycles. The molecule has 0 amide bonds.